The van der Waals surface area contributed by atoms with E-state index in [1.807, 2.05) is 30.3 Å². The van der Waals surface area contributed by atoms with Gasteiger partial charge in [-0.3, -0.25) is 9.36 Å². The molecule has 2 aromatic heterocycles. The van der Waals surface area contributed by atoms with Crippen molar-refractivity contribution in [3.05, 3.63) is 72.3 Å². The number of carbonyl (C=O) groups is 1. The molecule has 35 heavy (non-hydrogen) atoms. The van der Waals surface area contributed by atoms with Gasteiger partial charge in [-0.25, -0.2) is 19.3 Å². The molecular formula is C24H23FN6O4. The Kier molecular flexibility index (Phi) is 6.12. The lowest BCUT2D eigenvalue weighted by Gasteiger charge is -2.17. The number of nitrogens with zero attached hydrogens (tertiary/aromatic N) is 4. The second-order valence-corrected chi connectivity index (χ2v) is 8.08. The first kappa shape index (κ1) is 22.8. The van der Waals surface area contributed by atoms with Crippen LogP contribution in [0, 0.1) is 5.82 Å². The van der Waals surface area contributed by atoms with Gasteiger partial charge >= 0.3 is 0 Å². The van der Waals surface area contributed by atoms with Gasteiger partial charge in [0.2, 0.25) is 0 Å². The van der Waals surface area contributed by atoms with Crippen molar-refractivity contribution in [2.24, 2.45) is 0 Å². The van der Waals surface area contributed by atoms with Gasteiger partial charge in [0, 0.05) is 13.6 Å². The molecule has 10 nitrogen and oxygen atoms in total. The molecule has 1 amide bonds. The zero-order valence-corrected chi connectivity index (χ0v) is 18.7. The monoisotopic (exact) mass is 478 g/mol. The van der Waals surface area contributed by atoms with Crippen molar-refractivity contribution in [3.63, 3.8) is 0 Å². The van der Waals surface area contributed by atoms with Crippen LogP contribution in [-0.4, -0.2) is 61.0 Å². The number of ether oxygens (including phenoxy) is 1. The molecule has 2 aromatic carbocycles. The maximum absolute atomic E-state index is 14.6. The van der Waals surface area contributed by atoms with Crippen LogP contribution in [-0.2, 0) is 16.1 Å². The first-order chi connectivity index (χ1) is 17.0. The summed E-state index contributed by atoms with van der Waals surface area (Å²) in [6.45, 7) is 0.427. The highest BCUT2D eigenvalue weighted by Gasteiger charge is 2.47. The fraction of sp³-hybridized carbons (Fsp3) is 0.250. The van der Waals surface area contributed by atoms with Crippen LogP contribution < -0.4 is 10.6 Å². The number of halogens is 1. The molecule has 3 heterocycles. The summed E-state index contributed by atoms with van der Waals surface area (Å²) in [5, 5.41) is 26.6. The van der Waals surface area contributed by atoms with Crippen LogP contribution in [0.2, 0.25) is 0 Å². The number of carbonyl (C=O) groups excluding carboxylic acids is 1. The van der Waals surface area contributed by atoms with Crippen LogP contribution in [0.5, 0.6) is 0 Å². The number of anilines is 1. The molecule has 1 aliphatic rings. The summed E-state index contributed by atoms with van der Waals surface area (Å²) in [5.41, 5.74) is 1.77. The summed E-state index contributed by atoms with van der Waals surface area (Å²) in [4.78, 5) is 25.5. The highest BCUT2D eigenvalue weighted by Crippen LogP contribution is 2.34. The van der Waals surface area contributed by atoms with Gasteiger partial charge < -0.3 is 25.6 Å². The van der Waals surface area contributed by atoms with Crippen molar-refractivity contribution in [2.75, 3.05) is 12.4 Å². The second kappa shape index (κ2) is 9.37. The van der Waals surface area contributed by atoms with E-state index in [0.717, 1.165) is 5.56 Å². The summed E-state index contributed by atoms with van der Waals surface area (Å²) in [5.74, 6) is -0.620. The largest absolute Gasteiger partial charge is 0.387 e. The van der Waals surface area contributed by atoms with Gasteiger partial charge in [-0.2, -0.15) is 0 Å². The molecule has 180 valence electrons. The topological polar surface area (TPSA) is 134 Å². The maximum atomic E-state index is 14.6. The van der Waals surface area contributed by atoms with Crippen molar-refractivity contribution >= 4 is 22.9 Å². The van der Waals surface area contributed by atoms with Crippen molar-refractivity contribution in [1.82, 2.24) is 24.8 Å². The molecule has 0 radical (unpaired) electrons. The normalized spacial score (nSPS) is 21.8. The van der Waals surface area contributed by atoms with Gasteiger partial charge in [0.1, 0.15) is 18.0 Å². The van der Waals surface area contributed by atoms with E-state index in [0.29, 0.717) is 17.9 Å². The van der Waals surface area contributed by atoms with Crippen LogP contribution in [0.15, 0.2) is 60.9 Å². The zero-order chi connectivity index (χ0) is 24.5. The minimum Gasteiger partial charge on any atom is -0.387 e. The third-order valence-corrected chi connectivity index (χ3v) is 5.86. The number of hydrogen-bond donors (Lipinski definition) is 4. The quantitative estimate of drug-likeness (QED) is 0.328. The van der Waals surface area contributed by atoms with Crippen LogP contribution in [0.4, 0.5) is 10.2 Å². The van der Waals surface area contributed by atoms with Gasteiger partial charge in [0.05, 0.1) is 11.9 Å². The third-order valence-electron chi connectivity index (χ3n) is 5.86. The predicted molar refractivity (Wildman–Crippen MR) is 124 cm³/mol. The molecule has 4 atom stereocenters. The molecule has 11 heteroatoms. The molecule has 1 saturated heterocycles. The molecule has 0 spiro atoms. The van der Waals surface area contributed by atoms with Gasteiger partial charge in [-0.15, -0.1) is 0 Å². The lowest BCUT2D eigenvalue weighted by Crippen LogP contribution is -2.41. The van der Waals surface area contributed by atoms with Crippen LogP contribution in [0.1, 0.15) is 11.8 Å². The summed E-state index contributed by atoms with van der Waals surface area (Å²) in [7, 11) is 1.41. The van der Waals surface area contributed by atoms with E-state index in [2.05, 4.69) is 25.6 Å². The summed E-state index contributed by atoms with van der Waals surface area (Å²) < 4.78 is 21.7. The molecule has 5 rings (SSSR count). The number of hydrogen-bond acceptors (Lipinski definition) is 8. The fourth-order valence-electron chi connectivity index (χ4n) is 4.02. The number of amides is 1. The van der Waals surface area contributed by atoms with E-state index in [9.17, 15) is 19.4 Å². The Morgan fingerprint density at radius 2 is 1.83 bits per heavy atom. The number of benzene rings is 2. The molecule has 4 N–H and O–H groups in total. The lowest BCUT2D eigenvalue weighted by atomic mass is 10.1. The Balaban J connectivity index is 1.59. The minimum absolute atomic E-state index is 0.101. The zero-order valence-electron chi connectivity index (χ0n) is 18.7. The first-order valence-electron chi connectivity index (χ1n) is 11.0. The first-order valence-corrected chi connectivity index (χ1v) is 11.0. The molecule has 0 unspecified atom stereocenters. The number of fused-ring (bicyclic) bond motifs is 1. The number of aliphatic hydroxyl groups excluding tert-OH is 2. The number of aromatic nitrogens is 4. The van der Waals surface area contributed by atoms with E-state index >= 15 is 0 Å². The van der Waals surface area contributed by atoms with E-state index in [1.165, 1.54) is 24.0 Å². The second-order valence-electron chi connectivity index (χ2n) is 8.08. The summed E-state index contributed by atoms with van der Waals surface area (Å²) in [6.07, 6.45) is -3.93. The van der Waals surface area contributed by atoms with Crippen LogP contribution >= 0.6 is 0 Å². The highest BCUT2D eigenvalue weighted by atomic mass is 19.1. The maximum Gasteiger partial charge on any atom is 0.251 e. The van der Waals surface area contributed by atoms with E-state index < -0.39 is 36.3 Å². The third kappa shape index (κ3) is 4.20. The standard InChI is InChI=1S/C24H23FN6O4/c1-26-23(34)19-17(32)18(33)24(35-19)31-12-28-16-21(27-11-13-7-3-2-4-8-13)29-20(30-22(16)31)14-9-5-6-10-15(14)25/h2-10,12,17-19,24,32-33H,11H2,1H3,(H,26,34)(H,27,29,30)/t17-,18+,19-,24+/m0/s1. The Morgan fingerprint density at radius 1 is 1.09 bits per heavy atom. The summed E-state index contributed by atoms with van der Waals surface area (Å²) >= 11 is 0. The summed E-state index contributed by atoms with van der Waals surface area (Å²) in [6, 6.07) is 15.8. The molecule has 0 aliphatic carbocycles. The number of nitrogens with one attached hydrogen (secondary N) is 2. The Morgan fingerprint density at radius 3 is 2.57 bits per heavy atom. The fourth-order valence-corrected chi connectivity index (χ4v) is 4.02. The molecule has 0 bridgehead atoms. The highest BCUT2D eigenvalue weighted by molar-refractivity contribution is 5.85. The Hall–Kier alpha value is -3.93. The van der Waals surface area contributed by atoms with Crippen molar-refractivity contribution < 1.29 is 24.1 Å². The predicted octanol–water partition coefficient (Wildman–Crippen LogP) is 1.61. The molecule has 0 saturated carbocycles. The van der Waals surface area contributed by atoms with E-state index in [-0.39, 0.29) is 17.0 Å². The Bertz CT molecular complexity index is 1360. The van der Waals surface area contributed by atoms with E-state index in [4.69, 9.17) is 4.74 Å². The van der Waals surface area contributed by atoms with Crippen LogP contribution in [0.25, 0.3) is 22.6 Å². The minimum atomic E-state index is -1.46. The van der Waals surface area contributed by atoms with E-state index in [1.54, 1.807) is 18.2 Å². The van der Waals surface area contributed by atoms with Gasteiger partial charge in [0.25, 0.3) is 5.91 Å². The molecule has 1 aliphatic heterocycles. The van der Waals surface area contributed by atoms with Crippen LogP contribution in [0.3, 0.4) is 0 Å². The number of rotatable bonds is 6. The van der Waals surface area contributed by atoms with Gasteiger partial charge in [-0.1, -0.05) is 42.5 Å². The lowest BCUT2D eigenvalue weighted by molar-refractivity contribution is -0.137. The SMILES string of the molecule is CNC(=O)[C@H]1O[C@@H](n2cnc3c(NCc4ccccc4)nc(-c4ccccc4F)nc32)[C@H](O)[C@@H]1O. The van der Waals surface area contributed by atoms with Crippen molar-refractivity contribution in [1.29, 1.82) is 0 Å². The van der Waals surface area contributed by atoms with Gasteiger partial charge in [-0.05, 0) is 17.7 Å². The molecular weight excluding hydrogens is 455 g/mol. The number of likely N-dealkylation sites (N-methyl/N-ethyl adjacent to an activating group) is 1. The molecule has 1 fully saturated rings. The van der Waals surface area contributed by atoms with Crippen molar-refractivity contribution in [2.45, 2.75) is 31.1 Å². The van der Waals surface area contributed by atoms with Gasteiger partial charge in [0.15, 0.2) is 35.1 Å². The number of aliphatic hydroxyl groups is 2. The smallest absolute Gasteiger partial charge is 0.251 e. The average molecular weight is 478 g/mol. The molecule has 4 aromatic rings. The number of imidazole rings is 1. The Labute approximate surface area is 199 Å². The average Bonchev–Trinajstić information content (AvgIpc) is 3.43. The van der Waals surface area contributed by atoms with Crippen molar-refractivity contribution in [3.8, 4) is 11.4 Å².